The third-order valence-electron chi connectivity index (χ3n) is 3.90. The summed E-state index contributed by atoms with van der Waals surface area (Å²) >= 11 is 1.73. The summed E-state index contributed by atoms with van der Waals surface area (Å²) in [5, 5.41) is 20.0. The number of hydrogen-bond donors (Lipinski definition) is 3. The Hall–Kier alpha value is -2.34. The van der Waals surface area contributed by atoms with Crippen molar-refractivity contribution in [3.63, 3.8) is 0 Å². The standard InChI is InChI=1S/C22H29N5O3S.HI/c1-22(2,3)26-20(28)16-25-21(23-13-14-31-19-7-5-4-6-8-19)24-15-17-9-11-18(12-10-17)27(29)30;/h4-12H,13-16H2,1-3H3,(H,26,28)(H2,23,24,25);1H. The van der Waals surface area contributed by atoms with Crippen molar-refractivity contribution < 1.29 is 9.72 Å². The lowest BCUT2D eigenvalue weighted by molar-refractivity contribution is -0.384. The number of benzene rings is 2. The van der Waals surface area contributed by atoms with Gasteiger partial charge in [-0.1, -0.05) is 30.3 Å². The van der Waals surface area contributed by atoms with Gasteiger partial charge in [-0.15, -0.1) is 35.7 Å². The summed E-state index contributed by atoms with van der Waals surface area (Å²) in [5.41, 5.74) is 0.569. The first-order chi connectivity index (χ1) is 14.7. The van der Waals surface area contributed by atoms with Crippen LogP contribution in [-0.2, 0) is 11.3 Å². The van der Waals surface area contributed by atoms with E-state index in [0.717, 1.165) is 11.3 Å². The molecule has 0 aliphatic heterocycles. The molecule has 0 fully saturated rings. The molecule has 10 heteroatoms. The number of nitro benzene ring substituents is 1. The minimum absolute atomic E-state index is 0. The van der Waals surface area contributed by atoms with Crippen LogP contribution in [0.5, 0.6) is 0 Å². The molecular formula is C22H30IN5O3S. The molecule has 0 bridgehead atoms. The summed E-state index contributed by atoms with van der Waals surface area (Å²) < 4.78 is 0. The maximum absolute atomic E-state index is 12.1. The summed E-state index contributed by atoms with van der Waals surface area (Å²) in [6, 6.07) is 16.4. The van der Waals surface area contributed by atoms with E-state index >= 15 is 0 Å². The molecule has 0 aromatic heterocycles. The van der Waals surface area contributed by atoms with Crippen molar-refractivity contribution in [2.75, 3.05) is 18.8 Å². The molecule has 0 saturated heterocycles. The van der Waals surface area contributed by atoms with Crippen molar-refractivity contribution in [3.8, 4) is 0 Å². The molecule has 2 aromatic rings. The van der Waals surface area contributed by atoms with Crippen LogP contribution in [0, 0.1) is 10.1 Å². The van der Waals surface area contributed by atoms with E-state index in [0.29, 0.717) is 19.0 Å². The largest absolute Gasteiger partial charge is 0.356 e. The van der Waals surface area contributed by atoms with Gasteiger partial charge in [0.05, 0.1) is 18.0 Å². The molecule has 8 nitrogen and oxygen atoms in total. The third-order valence-corrected chi connectivity index (χ3v) is 4.92. The molecule has 0 saturated carbocycles. The van der Waals surface area contributed by atoms with Gasteiger partial charge in [0, 0.05) is 34.9 Å². The summed E-state index contributed by atoms with van der Waals surface area (Å²) in [4.78, 5) is 28.2. The number of nitrogens with one attached hydrogen (secondary N) is 3. The Bertz CT molecular complexity index is 887. The van der Waals surface area contributed by atoms with Crippen molar-refractivity contribution in [2.45, 2.75) is 37.8 Å². The van der Waals surface area contributed by atoms with Gasteiger partial charge in [-0.2, -0.15) is 0 Å². The fraction of sp³-hybridized carbons (Fsp3) is 0.364. The number of non-ortho nitro benzene ring substituents is 1. The maximum atomic E-state index is 12.1. The second-order valence-electron chi connectivity index (χ2n) is 7.83. The van der Waals surface area contributed by atoms with Crippen LogP contribution >= 0.6 is 35.7 Å². The van der Waals surface area contributed by atoms with E-state index in [9.17, 15) is 14.9 Å². The first kappa shape index (κ1) is 27.7. The number of thioether (sulfide) groups is 1. The van der Waals surface area contributed by atoms with Crippen LogP contribution in [0.3, 0.4) is 0 Å². The van der Waals surface area contributed by atoms with Crippen LogP contribution in [0.15, 0.2) is 64.5 Å². The van der Waals surface area contributed by atoms with E-state index in [-0.39, 0.29) is 47.7 Å². The quantitative estimate of drug-likeness (QED) is 0.0801. The number of aliphatic imine (C=N–C) groups is 1. The van der Waals surface area contributed by atoms with Crippen LogP contribution < -0.4 is 16.0 Å². The molecular weight excluding hydrogens is 541 g/mol. The predicted molar refractivity (Wildman–Crippen MR) is 141 cm³/mol. The van der Waals surface area contributed by atoms with Gasteiger partial charge in [-0.3, -0.25) is 14.9 Å². The van der Waals surface area contributed by atoms with E-state index in [1.807, 2.05) is 39.0 Å². The Morgan fingerprint density at radius 3 is 2.31 bits per heavy atom. The summed E-state index contributed by atoms with van der Waals surface area (Å²) in [5.74, 6) is 1.21. The van der Waals surface area contributed by atoms with Gasteiger partial charge in [-0.05, 0) is 38.5 Å². The molecule has 0 aliphatic carbocycles. The average molecular weight is 571 g/mol. The van der Waals surface area contributed by atoms with Gasteiger partial charge in [0.25, 0.3) is 5.69 Å². The zero-order valence-electron chi connectivity index (χ0n) is 18.5. The molecule has 3 N–H and O–H groups in total. The molecule has 0 radical (unpaired) electrons. The minimum Gasteiger partial charge on any atom is -0.356 e. The molecule has 0 spiro atoms. The molecule has 0 aliphatic rings. The van der Waals surface area contributed by atoms with E-state index in [1.165, 1.54) is 17.0 Å². The summed E-state index contributed by atoms with van der Waals surface area (Å²) in [6.45, 7) is 6.86. The molecule has 0 unspecified atom stereocenters. The fourth-order valence-electron chi connectivity index (χ4n) is 2.55. The van der Waals surface area contributed by atoms with Gasteiger partial charge < -0.3 is 16.0 Å². The number of carbonyl (C=O) groups is 1. The Morgan fingerprint density at radius 1 is 1.06 bits per heavy atom. The Labute approximate surface area is 210 Å². The molecule has 174 valence electrons. The molecule has 2 rings (SSSR count). The number of amides is 1. The molecule has 1 amide bonds. The van der Waals surface area contributed by atoms with Crippen molar-refractivity contribution >= 4 is 53.3 Å². The molecule has 0 atom stereocenters. The van der Waals surface area contributed by atoms with Crippen LogP contribution in [0.1, 0.15) is 26.3 Å². The van der Waals surface area contributed by atoms with Crippen molar-refractivity contribution in [3.05, 3.63) is 70.3 Å². The normalized spacial score (nSPS) is 11.3. The van der Waals surface area contributed by atoms with E-state index in [2.05, 4.69) is 33.1 Å². The van der Waals surface area contributed by atoms with E-state index in [1.54, 1.807) is 23.9 Å². The van der Waals surface area contributed by atoms with Crippen LogP contribution in [0.25, 0.3) is 0 Å². The second-order valence-corrected chi connectivity index (χ2v) is 9.00. The summed E-state index contributed by atoms with van der Waals surface area (Å²) in [6.07, 6.45) is 0. The first-order valence-electron chi connectivity index (χ1n) is 9.97. The van der Waals surface area contributed by atoms with E-state index in [4.69, 9.17) is 0 Å². The van der Waals surface area contributed by atoms with Crippen molar-refractivity contribution in [1.29, 1.82) is 0 Å². The lowest BCUT2D eigenvalue weighted by Crippen LogP contribution is -2.48. The number of halogens is 1. The minimum atomic E-state index is -0.431. The van der Waals surface area contributed by atoms with E-state index < -0.39 is 4.92 Å². The van der Waals surface area contributed by atoms with Gasteiger partial charge in [0.2, 0.25) is 5.91 Å². The maximum Gasteiger partial charge on any atom is 0.269 e. The number of hydrogen-bond acceptors (Lipinski definition) is 5. The number of rotatable bonds is 9. The Kier molecular flexibility index (Phi) is 12.1. The lowest BCUT2D eigenvalue weighted by Gasteiger charge is -2.21. The average Bonchev–Trinajstić information content (AvgIpc) is 2.72. The molecule has 2 aromatic carbocycles. The number of nitrogens with zero attached hydrogens (tertiary/aromatic N) is 2. The van der Waals surface area contributed by atoms with Crippen LogP contribution in [0.2, 0.25) is 0 Å². The highest BCUT2D eigenvalue weighted by molar-refractivity contribution is 14.0. The highest BCUT2D eigenvalue weighted by Crippen LogP contribution is 2.16. The smallest absolute Gasteiger partial charge is 0.269 e. The van der Waals surface area contributed by atoms with Gasteiger partial charge >= 0.3 is 0 Å². The van der Waals surface area contributed by atoms with Crippen LogP contribution in [0.4, 0.5) is 5.69 Å². The second kappa shape index (κ2) is 13.9. The molecule has 0 heterocycles. The van der Waals surface area contributed by atoms with Crippen molar-refractivity contribution in [2.24, 2.45) is 4.99 Å². The van der Waals surface area contributed by atoms with Crippen LogP contribution in [-0.4, -0.2) is 41.2 Å². The molecule has 32 heavy (non-hydrogen) atoms. The number of nitro groups is 1. The van der Waals surface area contributed by atoms with Gasteiger partial charge in [0.1, 0.15) is 0 Å². The van der Waals surface area contributed by atoms with Crippen molar-refractivity contribution in [1.82, 2.24) is 16.0 Å². The number of carbonyl (C=O) groups excluding carboxylic acids is 1. The van der Waals surface area contributed by atoms with Gasteiger partial charge in [0.15, 0.2) is 5.96 Å². The summed E-state index contributed by atoms with van der Waals surface area (Å²) in [7, 11) is 0. The first-order valence-corrected chi connectivity index (χ1v) is 11.0. The monoisotopic (exact) mass is 571 g/mol. The highest BCUT2D eigenvalue weighted by atomic mass is 127. The zero-order valence-corrected chi connectivity index (χ0v) is 21.6. The number of guanidine groups is 1. The predicted octanol–water partition coefficient (Wildman–Crippen LogP) is 3.96. The fourth-order valence-corrected chi connectivity index (χ4v) is 3.34. The lowest BCUT2D eigenvalue weighted by atomic mass is 10.1. The van der Waals surface area contributed by atoms with Gasteiger partial charge in [-0.25, -0.2) is 4.99 Å². The third kappa shape index (κ3) is 11.3. The topological polar surface area (TPSA) is 109 Å². The Balaban J connectivity index is 0.00000512. The Morgan fingerprint density at radius 2 is 1.72 bits per heavy atom. The zero-order chi connectivity index (χ0) is 22.7. The highest BCUT2D eigenvalue weighted by Gasteiger charge is 2.13. The SMILES string of the molecule is CC(C)(C)NC(=O)CNC(=NCc1ccc([N+](=O)[O-])cc1)NCCSc1ccccc1.I.